The van der Waals surface area contributed by atoms with Gasteiger partial charge >= 0.3 is 0 Å². The lowest BCUT2D eigenvalue weighted by Crippen LogP contribution is -2.32. The van der Waals surface area contributed by atoms with Crippen LogP contribution in [0.2, 0.25) is 0 Å². The molecule has 30 heavy (non-hydrogen) atoms. The van der Waals surface area contributed by atoms with Crippen molar-refractivity contribution in [2.75, 3.05) is 5.32 Å². The number of aromatic nitrogens is 7. The van der Waals surface area contributed by atoms with E-state index >= 15 is 0 Å². The van der Waals surface area contributed by atoms with Gasteiger partial charge in [-0.3, -0.25) is 14.0 Å². The van der Waals surface area contributed by atoms with E-state index in [0.717, 1.165) is 31.4 Å². The summed E-state index contributed by atoms with van der Waals surface area (Å²) < 4.78 is 4.62. The molecule has 1 aliphatic rings. The lowest BCUT2D eigenvalue weighted by atomic mass is 10.2. The number of nitrogens with zero attached hydrogens (tertiary/aromatic N) is 7. The normalized spacial score (nSPS) is 13.9. The highest BCUT2D eigenvalue weighted by Gasteiger charge is 2.28. The Bertz CT molecular complexity index is 1300. The van der Waals surface area contributed by atoms with Crippen LogP contribution in [-0.4, -0.2) is 39.9 Å². The van der Waals surface area contributed by atoms with Crippen molar-refractivity contribution in [3.8, 4) is 0 Å². The first kappa shape index (κ1) is 18.5. The van der Waals surface area contributed by atoms with E-state index in [9.17, 15) is 9.59 Å². The van der Waals surface area contributed by atoms with Crippen LogP contribution in [0.15, 0.2) is 35.5 Å². The second-order valence-electron chi connectivity index (χ2n) is 7.69. The van der Waals surface area contributed by atoms with Gasteiger partial charge in [0.2, 0.25) is 5.91 Å². The number of unbranched alkanes of at least 4 members (excludes halogenated alkanes) is 1. The van der Waals surface area contributed by atoms with Crippen LogP contribution in [0.25, 0.3) is 11.2 Å². The fraction of sp³-hybridized carbons (Fsp3) is 0.400. The van der Waals surface area contributed by atoms with Crippen molar-refractivity contribution in [2.45, 2.75) is 51.5 Å². The molecular formula is C20H22N8O2. The molecule has 0 aliphatic heterocycles. The zero-order valence-electron chi connectivity index (χ0n) is 16.7. The number of hydrogen-bond donors (Lipinski definition) is 1. The largest absolute Gasteiger partial charge is 0.323 e. The van der Waals surface area contributed by atoms with Crippen molar-refractivity contribution in [1.82, 2.24) is 34.0 Å². The number of fused-ring (bicyclic) bond motifs is 2. The van der Waals surface area contributed by atoms with E-state index in [1.165, 1.54) is 4.68 Å². The highest BCUT2D eigenvalue weighted by molar-refractivity contribution is 5.90. The average Bonchev–Trinajstić information content (AvgIpc) is 3.31. The molecule has 1 aliphatic carbocycles. The fourth-order valence-electron chi connectivity index (χ4n) is 3.52. The van der Waals surface area contributed by atoms with E-state index in [-0.39, 0.29) is 18.0 Å². The summed E-state index contributed by atoms with van der Waals surface area (Å²) >= 11 is 0. The number of carbonyl (C=O) groups excluding carboxylic acids is 1. The Morgan fingerprint density at radius 3 is 2.93 bits per heavy atom. The number of carbonyl (C=O) groups is 1. The molecule has 1 fully saturated rings. The topological polar surface area (TPSA) is 111 Å². The summed E-state index contributed by atoms with van der Waals surface area (Å²) in [4.78, 5) is 25.6. The zero-order valence-corrected chi connectivity index (χ0v) is 16.7. The van der Waals surface area contributed by atoms with Crippen molar-refractivity contribution in [1.29, 1.82) is 0 Å². The van der Waals surface area contributed by atoms with Crippen LogP contribution in [0.5, 0.6) is 0 Å². The molecule has 1 saturated carbocycles. The second kappa shape index (κ2) is 7.36. The number of hydrogen-bond acceptors (Lipinski definition) is 6. The van der Waals surface area contributed by atoms with Crippen molar-refractivity contribution in [3.63, 3.8) is 0 Å². The smallest absolute Gasteiger partial charge is 0.293 e. The van der Waals surface area contributed by atoms with Crippen LogP contribution < -0.4 is 10.9 Å². The Balaban J connectivity index is 1.44. The second-order valence-corrected chi connectivity index (χ2v) is 7.69. The lowest BCUT2D eigenvalue weighted by Gasteiger charge is -2.10. The summed E-state index contributed by atoms with van der Waals surface area (Å²) in [5.41, 5.74) is 2.39. The monoisotopic (exact) mass is 406 g/mol. The van der Waals surface area contributed by atoms with E-state index in [4.69, 9.17) is 0 Å². The molecule has 4 aromatic rings. The van der Waals surface area contributed by atoms with E-state index < -0.39 is 0 Å². The van der Waals surface area contributed by atoms with Crippen molar-refractivity contribution in [2.24, 2.45) is 0 Å². The molecule has 10 nitrogen and oxygen atoms in total. The van der Waals surface area contributed by atoms with Crippen molar-refractivity contribution < 1.29 is 4.79 Å². The van der Waals surface area contributed by atoms with Crippen LogP contribution in [0.3, 0.4) is 0 Å². The molecule has 1 amide bonds. The third-order valence-corrected chi connectivity index (χ3v) is 5.28. The Labute approximate surface area is 171 Å². The maximum absolute atomic E-state index is 13.0. The molecule has 0 bridgehead atoms. The number of rotatable bonds is 7. The lowest BCUT2D eigenvalue weighted by molar-refractivity contribution is -0.117. The highest BCUT2D eigenvalue weighted by Crippen LogP contribution is 2.39. The first-order valence-corrected chi connectivity index (χ1v) is 10.2. The predicted molar refractivity (Wildman–Crippen MR) is 109 cm³/mol. The van der Waals surface area contributed by atoms with E-state index in [2.05, 4.69) is 32.6 Å². The molecule has 5 rings (SSSR count). The van der Waals surface area contributed by atoms with Gasteiger partial charge in [0.15, 0.2) is 11.5 Å². The zero-order chi connectivity index (χ0) is 20.7. The molecule has 4 heterocycles. The van der Waals surface area contributed by atoms with Crippen molar-refractivity contribution in [3.05, 3.63) is 52.6 Å². The van der Waals surface area contributed by atoms with Gasteiger partial charge in [0, 0.05) is 18.5 Å². The van der Waals surface area contributed by atoms with Crippen LogP contribution in [0.1, 0.15) is 50.0 Å². The Hall–Kier alpha value is -3.56. The maximum atomic E-state index is 13.0. The molecule has 154 valence electrons. The minimum absolute atomic E-state index is 0.168. The van der Waals surface area contributed by atoms with Crippen LogP contribution in [0.4, 0.5) is 5.69 Å². The van der Waals surface area contributed by atoms with Crippen LogP contribution in [-0.2, 0) is 17.8 Å². The van der Waals surface area contributed by atoms with Gasteiger partial charge in [-0.15, -0.1) is 10.2 Å². The maximum Gasteiger partial charge on any atom is 0.293 e. The molecule has 0 unspecified atom stereocenters. The van der Waals surface area contributed by atoms with Gasteiger partial charge < -0.3 is 5.32 Å². The summed E-state index contributed by atoms with van der Waals surface area (Å²) in [7, 11) is 0. The summed E-state index contributed by atoms with van der Waals surface area (Å²) in [6, 6.07) is 5.35. The van der Waals surface area contributed by atoms with Gasteiger partial charge in [0.1, 0.15) is 18.4 Å². The van der Waals surface area contributed by atoms with Gasteiger partial charge in [-0.1, -0.05) is 13.3 Å². The third kappa shape index (κ3) is 3.44. The summed E-state index contributed by atoms with van der Waals surface area (Å²) in [6.45, 7) is 1.94. The molecule has 0 saturated heterocycles. The van der Waals surface area contributed by atoms with Gasteiger partial charge in [-0.2, -0.15) is 10.2 Å². The molecular weight excluding hydrogens is 384 g/mol. The van der Waals surface area contributed by atoms with E-state index in [1.807, 2.05) is 6.07 Å². The quantitative estimate of drug-likeness (QED) is 0.501. The first-order chi connectivity index (χ1) is 14.6. The molecule has 1 N–H and O–H groups in total. The molecule has 0 radical (unpaired) electrons. The summed E-state index contributed by atoms with van der Waals surface area (Å²) in [5.74, 6) is 0.814. The molecule has 0 aromatic carbocycles. The predicted octanol–water partition coefficient (Wildman–Crippen LogP) is 1.79. The van der Waals surface area contributed by atoms with Gasteiger partial charge in [-0.05, 0) is 37.5 Å². The van der Waals surface area contributed by atoms with Crippen molar-refractivity contribution >= 4 is 22.8 Å². The Morgan fingerprint density at radius 2 is 2.13 bits per heavy atom. The highest BCUT2D eigenvalue weighted by atomic mass is 16.2. The van der Waals surface area contributed by atoms with Gasteiger partial charge in [0.05, 0.1) is 11.4 Å². The van der Waals surface area contributed by atoms with E-state index in [1.54, 1.807) is 33.6 Å². The first-order valence-electron chi connectivity index (χ1n) is 10.2. The Kier molecular flexibility index (Phi) is 4.53. The van der Waals surface area contributed by atoms with E-state index in [0.29, 0.717) is 35.0 Å². The van der Waals surface area contributed by atoms with Crippen LogP contribution >= 0.6 is 0 Å². The Morgan fingerprint density at radius 1 is 1.27 bits per heavy atom. The molecule has 0 atom stereocenters. The fourth-order valence-corrected chi connectivity index (χ4v) is 3.52. The molecule has 0 spiro atoms. The standard InChI is InChI=1S/C20H22N8O2/c1-2-3-4-18-25-27(20(30)16-9-15(13-5-6-13)24-28(16)18)11-19(29)22-14-7-8-17-23-21-12-26(17)10-14/h7-10,12-13H,2-6,11H2,1H3,(H,22,29). The number of aryl methyl sites for hydroxylation is 1. The number of nitrogens with one attached hydrogen (secondary N) is 1. The minimum Gasteiger partial charge on any atom is -0.323 e. The van der Waals surface area contributed by atoms with Gasteiger partial charge in [0.25, 0.3) is 5.56 Å². The summed E-state index contributed by atoms with van der Waals surface area (Å²) in [6.07, 6.45) is 8.13. The van der Waals surface area contributed by atoms with Crippen LogP contribution in [0, 0.1) is 0 Å². The minimum atomic E-state index is -0.329. The molecule has 4 aromatic heterocycles. The number of pyridine rings is 1. The average molecular weight is 406 g/mol. The SMILES string of the molecule is CCCCc1nn(CC(=O)Nc2ccc3nncn3c2)c(=O)c2cc(C3CC3)nn12. The molecule has 10 heteroatoms. The number of amides is 1. The summed E-state index contributed by atoms with van der Waals surface area (Å²) in [5, 5.41) is 19.7. The third-order valence-electron chi connectivity index (χ3n) is 5.28. The van der Waals surface area contributed by atoms with Gasteiger partial charge in [-0.25, -0.2) is 9.20 Å². The number of anilines is 1.